The Morgan fingerprint density at radius 3 is 2.70 bits per heavy atom. The number of fused-ring (bicyclic) bond motifs is 1. The Bertz CT molecular complexity index is 1070. The topological polar surface area (TPSA) is 102 Å². The van der Waals surface area contributed by atoms with Crippen LogP contribution in [0.4, 0.5) is 5.95 Å². The van der Waals surface area contributed by atoms with Gasteiger partial charge in [-0.3, -0.25) is 14.3 Å². The van der Waals surface area contributed by atoms with E-state index in [0.717, 1.165) is 53.4 Å². The van der Waals surface area contributed by atoms with Crippen LogP contribution in [0.5, 0.6) is 0 Å². The molecule has 4 heterocycles. The third kappa shape index (κ3) is 3.53. The molecule has 1 aliphatic heterocycles. The first-order valence-electron chi connectivity index (χ1n) is 8.92. The van der Waals surface area contributed by atoms with Crippen molar-refractivity contribution in [1.82, 2.24) is 29.3 Å². The van der Waals surface area contributed by atoms with E-state index >= 15 is 0 Å². The second kappa shape index (κ2) is 7.47. The van der Waals surface area contributed by atoms with E-state index in [1.54, 1.807) is 30.1 Å². The zero-order valence-corrected chi connectivity index (χ0v) is 16.9. The largest absolute Gasteiger partial charge is 0.342 e. The summed E-state index contributed by atoms with van der Waals surface area (Å²) in [5.74, 6) is 1.66. The Kier molecular flexibility index (Phi) is 5.04. The average molecular weight is 408 g/mol. The van der Waals surface area contributed by atoms with Gasteiger partial charge >= 0.3 is 5.69 Å². The molecule has 0 unspecified atom stereocenters. The van der Waals surface area contributed by atoms with Crippen molar-refractivity contribution >= 4 is 40.2 Å². The molecule has 11 heteroatoms. The van der Waals surface area contributed by atoms with E-state index in [0.29, 0.717) is 17.7 Å². The van der Waals surface area contributed by atoms with Crippen LogP contribution in [-0.4, -0.2) is 48.1 Å². The number of hydrogen-bond acceptors (Lipinski definition) is 8. The highest BCUT2D eigenvalue weighted by Crippen LogP contribution is 2.25. The van der Waals surface area contributed by atoms with E-state index < -0.39 is 5.69 Å². The minimum Gasteiger partial charge on any atom is -0.342 e. The predicted molar refractivity (Wildman–Crippen MR) is 107 cm³/mol. The monoisotopic (exact) mass is 407 g/mol. The SMILES string of the molecule is Cc1nnc(SCCCn2c(N3CCCC3)nc3c2c(=O)[nH]c(=O)n3C)s1. The molecule has 144 valence electrons. The first kappa shape index (κ1) is 18.2. The van der Waals surface area contributed by atoms with Gasteiger partial charge in [0, 0.05) is 32.4 Å². The summed E-state index contributed by atoms with van der Waals surface area (Å²) in [5, 5.41) is 9.12. The summed E-state index contributed by atoms with van der Waals surface area (Å²) >= 11 is 3.26. The standard InChI is InChI=1S/C16H21N7O2S2/c1-10-19-20-16(27-10)26-9-5-8-23-11-12(21(2)15(25)18-13(11)24)17-14(23)22-6-3-4-7-22/h3-9H2,1-2H3,(H,18,24,25). The number of imidazole rings is 1. The molecular weight excluding hydrogens is 386 g/mol. The van der Waals surface area contributed by atoms with E-state index in [1.165, 1.54) is 4.57 Å². The number of anilines is 1. The summed E-state index contributed by atoms with van der Waals surface area (Å²) in [4.78, 5) is 33.7. The minimum atomic E-state index is -0.438. The molecule has 9 nitrogen and oxygen atoms in total. The zero-order chi connectivity index (χ0) is 19.0. The lowest BCUT2D eigenvalue weighted by Crippen LogP contribution is -2.29. The van der Waals surface area contributed by atoms with Crippen LogP contribution in [-0.2, 0) is 13.6 Å². The maximum atomic E-state index is 12.5. The number of H-pyrrole nitrogens is 1. The Morgan fingerprint density at radius 1 is 1.22 bits per heavy atom. The van der Waals surface area contributed by atoms with Crippen LogP contribution in [0.25, 0.3) is 11.2 Å². The quantitative estimate of drug-likeness (QED) is 0.486. The van der Waals surface area contributed by atoms with Gasteiger partial charge in [0.25, 0.3) is 5.56 Å². The number of aromatic nitrogens is 6. The lowest BCUT2D eigenvalue weighted by Gasteiger charge is -2.18. The number of hydrogen-bond donors (Lipinski definition) is 1. The lowest BCUT2D eigenvalue weighted by molar-refractivity contribution is 0.683. The van der Waals surface area contributed by atoms with Gasteiger partial charge in [0.2, 0.25) is 5.95 Å². The van der Waals surface area contributed by atoms with Gasteiger partial charge in [-0.05, 0) is 26.2 Å². The van der Waals surface area contributed by atoms with E-state index in [4.69, 9.17) is 0 Å². The maximum absolute atomic E-state index is 12.5. The number of aryl methyl sites for hydroxylation is 3. The first-order valence-corrected chi connectivity index (χ1v) is 10.7. The van der Waals surface area contributed by atoms with Gasteiger partial charge in [0.05, 0.1) is 0 Å². The highest BCUT2D eigenvalue weighted by Gasteiger charge is 2.23. The van der Waals surface area contributed by atoms with Crippen LogP contribution >= 0.6 is 23.1 Å². The average Bonchev–Trinajstić information content (AvgIpc) is 3.36. The fourth-order valence-electron chi connectivity index (χ4n) is 3.31. The molecule has 0 amide bonds. The van der Waals surface area contributed by atoms with Crippen molar-refractivity contribution in [2.45, 2.75) is 37.1 Å². The summed E-state index contributed by atoms with van der Waals surface area (Å²) in [7, 11) is 1.64. The third-order valence-corrected chi connectivity index (χ3v) is 6.69. The fraction of sp³-hybridized carbons (Fsp3) is 0.562. The summed E-state index contributed by atoms with van der Waals surface area (Å²) in [6.45, 7) is 4.45. The molecule has 27 heavy (non-hydrogen) atoms. The van der Waals surface area contributed by atoms with Crippen LogP contribution < -0.4 is 16.1 Å². The predicted octanol–water partition coefficient (Wildman–Crippen LogP) is 1.37. The summed E-state index contributed by atoms with van der Waals surface area (Å²) in [5.41, 5.74) is 0.0968. The van der Waals surface area contributed by atoms with E-state index in [2.05, 4.69) is 25.1 Å². The van der Waals surface area contributed by atoms with Gasteiger partial charge in [0.1, 0.15) is 5.01 Å². The number of rotatable bonds is 6. The molecule has 1 N–H and O–H groups in total. The normalized spacial score (nSPS) is 14.5. The number of nitrogens with one attached hydrogen (secondary N) is 1. The van der Waals surface area contributed by atoms with Crippen molar-refractivity contribution in [3.05, 3.63) is 25.8 Å². The molecule has 0 saturated carbocycles. The van der Waals surface area contributed by atoms with Crippen molar-refractivity contribution in [2.75, 3.05) is 23.7 Å². The lowest BCUT2D eigenvalue weighted by atomic mass is 10.4. The Morgan fingerprint density at radius 2 is 2.00 bits per heavy atom. The molecule has 0 bridgehead atoms. The summed E-state index contributed by atoms with van der Waals surface area (Å²) in [6.07, 6.45) is 3.09. The highest BCUT2D eigenvalue weighted by atomic mass is 32.2. The summed E-state index contributed by atoms with van der Waals surface area (Å²) in [6, 6.07) is 0. The second-order valence-electron chi connectivity index (χ2n) is 6.54. The molecule has 0 aromatic carbocycles. The highest BCUT2D eigenvalue weighted by molar-refractivity contribution is 8.01. The van der Waals surface area contributed by atoms with Gasteiger partial charge in [-0.25, -0.2) is 4.79 Å². The molecule has 4 rings (SSSR count). The van der Waals surface area contributed by atoms with Gasteiger partial charge in [-0.1, -0.05) is 23.1 Å². The molecule has 0 atom stereocenters. The van der Waals surface area contributed by atoms with Gasteiger partial charge in [-0.2, -0.15) is 4.98 Å². The second-order valence-corrected chi connectivity index (χ2v) is 9.06. The van der Waals surface area contributed by atoms with E-state index in [-0.39, 0.29) is 5.56 Å². The third-order valence-electron chi connectivity index (χ3n) is 4.63. The van der Waals surface area contributed by atoms with Gasteiger partial charge < -0.3 is 9.47 Å². The van der Waals surface area contributed by atoms with Gasteiger partial charge in [0.15, 0.2) is 15.5 Å². The molecule has 3 aromatic heterocycles. The van der Waals surface area contributed by atoms with Crippen molar-refractivity contribution < 1.29 is 0 Å². The van der Waals surface area contributed by atoms with Gasteiger partial charge in [-0.15, -0.1) is 10.2 Å². The minimum absolute atomic E-state index is 0.376. The smallest absolute Gasteiger partial charge is 0.329 e. The Balaban J connectivity index is 1.62. The first-order chi connectivity index (χ1) is 13.0. The number of thioether (sulfide) groups is 1. The molecule has 1 aliphatic rings. The maximum Gasteiger partial charge on any atom is 0.329 e. The van der Waals surface area contributed by atoms with Crippen LogP contribution in [0.15, 0.2) is 13.9 Å². The van der Waals surface area contributed by atoms with Crippen molar-refractivity contribution in [2.24, 2.45) is 7.05 Å². The van der Waals surface area contributed by atoms with Crippen LogP contribution in [0, 0.1) is 6.92 Å². The molecule has 1 fully saturated rings. The molecule has 0 radical (unpaired) electrons. The molecule has 0 spiro atoms. The fourth-order valence-corrected chi connectivity index (χ4v) is 5.12. The van der Waals surface area contributed by atoms with Crippen LogP contribution in [0.2, 0.25) is 0 Å². The number of nitrogens with zero attached hydrogens (tertiary/aromatic N) is 6. The van der Waals surface area contributed by atoms with Crippen LogP contribution in [0.3, 0.4) is 0 Å². The van der Waals surface area contributed by atoms with Crippen molar-refractivity contribution in [3.8, 4) is 0 Å². The zero-order valence-electron chi connectivity index (χ0n) is 15.3. The van der Waals surface area contributed by atoms with E-state index in [9.17, 15) is 9.59 Å². The van der Waals surface area contributed by atoms with Crippen LogP contribution in [0.1, 0.15) is 24.3 Å². The molecule has 1 saturated heterocycles. The molecule has 3 aromatic rings. The Hall–Kier alpha value is -2.14. The summed E-state index contributed by atoms with van der Waals surface area (Å²) < 4.78 is 4.33. The number of aromatic amines is 1. The Labute approximate surface area is 163 Å². The van der Waals surface area contributed by atoms with E-state index in [1.807, 2.05) is 11.5 Å². The van der Waals surface area contributed by atoms with Crippen molar-refractivity contribution in [1.29, 1.82) is 0 Å². The molecule has 0 aliphatic carbocycles. The molecular formula is C16H21N7O2S2. The van der Waals surface area contributed by atoms with Crippen molar-refractivity contribution in [3.63, 3.8) is 0 Å².